The van der Waals surface area contributed by atoms with Crippen LogP contribution in [0.1, 0.15) is 170 Å². The highest BCUT2D eigenvalue weighted by Crippen LogP contribution is 2.35. The Kier molecular flexibility index (Phi) is 21.7. The van der Waals surface area contributed by atoms with Crippen LogP contribution in [0.5, 0.6) is 0 Å². The second-order valence-corrected chi connectivity index (χ2v) is 18.4. The number of hydrogen-bond donors (Lipinski definition) is 3. The lowest BCUT2D eigenvalue weighted by molar-refractivity contribution is 0.0943. The summed E-state index contributed by atoms with van der Waals surface area (Å²) in [5.41, 5.74) is 4.42. The molecule has 0 aliphatic carbocycles. The Morgan fingerprint density at radius 3 is 0.845 bits per heavy atom. The molecule has 3 rings (SSSR count). The fraction of sp³-hybridized carbons (Fsp3) is 0.588. The molecule has 7 nitrogen and oxygen atoms in total. The van der Waals surface area contributed by atoms with Gasteiger partial charge in [0.15, 0.2) is 0 Å². The normalized spacial score (nSPS) is 13.0. The zero-order valence-electron chi connectivity index (χ0n) is 37.7. The SMILES string of the molecule is CC(C)CCC[C@H](C)CCNC(=O)c1ccc(N(c2ccc(C(=O)NCC[C@@H](C)CCCC(C)C)cc2)c2ccc(C(=O)NCC[C@@H](C)CCCC(C)C)cc2)cc1. The largest absolute Gasteiger partial charge is 0.352 e. The molecule has 0 aliphatic rings. The van der Waals surface area contributed by atoms with Crippen molar-refractivity contribution >= 4 is 34.8 Å². The minimum absolute atomic E-state index is 0.0758. The molecule has 58 heavy (non-hydrogen) atoms. The maximum Gasteiger partial charge on any atom is 0.251 e. The number of hydrogen-bond acceptors (Lipinski definition) is 4. The van der Waals surface area contributed by atoms with Gasteiger partial charge in [-0.25, -0.2) is 0 Å². The number of nitrogens with zero attached hydrogens (tertiary/aromatic N) is 1. The van der Waals surface area contributed by atoms with Gasteiger partial charge in [0.25, 0.3) is 17.7 Å². The van der Waals surface area contributed by atoms with Gasteiger partial charge in [-0.2, -0.15) is 0 Å². The van der Waals surface area contributed by atoms with Crippen LogP contribution in [0, 0.1) is 35.5 Å². The average Bonchev–Trinajstić information content (AvgIpc) is 3.18. The van der Waals surface area contributed by atoms with Crippen molar-refractivity contribution in [1.29, 1.82) is 0 Å². The topological polar surface area (TPSA) is 90.5 Å². The highest BCUT2D eigenvalue weighted by atomic mass is 16.2. The van der Waals surface area contributed by atoms with Crippen LogP contribution in [0.4, 0.5) is 17.1 Å². The van der Waals surface area contributed by atoms with Crippen molar-refractivity contribution in [2.24, 2.45) is 35.5 Å². The van der Waals surface area contributed by atoms with Gasteiger partial charge in [0.2, 0.25) is 0 Å². The number of benzene rings is 3. The lowest BCUT2D eigenvalue weighted by Gasteiger charge is -2.26. The van der Waals surface area contributed by atoms with Crippen LogP contribution in [0.25, 0.3) is 0 Å². The molecule has 3 aromatic carbocycles. The molecule has 3 aromatic rings. The smallest absolute Gasteiger partial charge is 0.251 e. The van der Waals surface area contributed by atoms with Crippen molar-refractivity contribution in [3.8, 4) is 0 Å². The first-order valence-electron chi connectivity index (χ1n) is 22.7. The Hall–Kier alpha value is -4.13. The molecule has 0 unspecified atom stereocenters. The number of rotatable bonds is 27. The van der Waals surface area contributed by atoms with Crippen LogP contribution in [0.3, 0.4) is 0 Å². The van der Waals surface area contributed by atoms with E-state index in [1.165, 1.54) is 57.8 Å². The van der Waals surface area contributed by atoms with Crippen molar-refractivity contribution in [3.63, 3.8) is 0 Å². The van der Waals surface area contributed by atoms with E-state index in [1.54, 1.807) is 0 Å². The molecule has 0 saturated carbocycles. The first-order chi connectivity index (χ1) is 27.7. The molecule has 7 heteroatoms. The van der Waals surface area contributed by atoms with Crippen molar-refractivity contribution in [1.82, 2.24) is 16.0 Å². The molecular formula is C51H78N4O3. The van der Waals surface area contributed by atoms with E-state index in [-0.39, 0.29) is 17.7 Å². The number of anilines is 3. The van der Waals surface area contributed by atoms with Crippen LogP contribution in [-0.2, 0) is 0 Å². The quantitative estimate of drug-likeness (QED) is 0.0717. The highest BCUT2D eigenvalue weighted by molar-refractivity contribution is 5.97. The van der Waals surface area contributed by atoms with Gasteiger partial charge < -0.3 is 20.9 Å². The van der Waals surface area contributed by atoms with Crippen molar-refractivity contribution in [2.75, 3.05) is 24.5 Å². The molecule has 3 amide bonds. The number of carbonyl (C=O) groups is 3. The van der Waals surface area contributed by atoms with Gasteiger partial charge >= 0.3 is 0 Å². The summed E-state index contributed by atoms with van der Waals surface area (Å²) in [6.45, 7) is 22.4. The van der Waals surface area contributed by atoms with Gasteiger partial charge in [0, 0.05) is 53.4 Å². The molecule has 0 bridgehead atoms. The first kappa shape index (κ1) is 48.2. The third kappa shape index (κ3) is 18.2. The molecule has 0 spiro atoms. The van der Waals surface area contributed by atoms with Crippen LogP contribution in [-0.4, -0.2) is 37.4 Å². The summed E-state index contributed by atoms with van der Waals surface area (Å²) in [6, 6.07) is 22.9. The van der Waals surface area contributed by atoms with E-state index in [9.17, 15) is 14.4 Å². The van der Waals surface area contributed by atoms with Gasteiger partial charge in [-0.15, -0.1) is 0 Å². The lowest BCUT2D eigenvalue weighted by Crippen LogP contribution is -2.26. The average molecular weight is 795 g/mol. The minimum atomic E-state index is -0.0758. The van der Waals surface area contributed by atoms with Crippen LogP contribution < -0.4 is 20.9 Å². The molecule has 3 N–H and O–H groups in total. The molecule has 0 heterocycles. The summed E-state index contributed by atoms with van der Waals surface area (Å²) in [4.78, 5) is 41.4. The Labute approximate surface area is 352 Å². The van der Waals surface area contributed by atoms with E-state index >= 15 is 0 Å². The number of carbonyl (C=O) groups excluding carboxylic acids is 3. The van der Waals surface area contributed by atoms with Crippen molar-refractivity contribution in [2.45, 2.75) is 139 Å². The summed E-state index contributed by atoms with van der Waals surface area (Å²) in [6.07, 6.45) is 13.9. The fourth-order valence-corrected chi connectivity index (χ4v) is 7.39. The van der Waals surface area contributed by atoms with E-state index in [0.29, 0.717) is 54.1 Å². The summed E-state index contributed by atoms with van der Waals surface area (Å²) < 4.78 is 0. The van der Waals surface area contributed by atoms with Gasteiger partial charge in [-0.1, -0.05) is 120 Å². The zero-order valence-corrected chi connectivity index (χ0v) is 37.7. The van der Waals surface area contributed by atoms with Gasteiger partial charge in [-0.3, -0.25) is 14.4 Å². The molecule has 3 atom stereocenters. The van der Waals surface area contributed by atoms with Gasteiger partial charge in [0.1, 0.15) is 0 Å². The van der Waals surface area contributed by atoms with Crippen LogP contribution >= 0.6 is 0 Å². The Morgan fingerprint density at radius 1 is 0.379 bits per heavy atom. The van der Waals surface area contributed by atoms with Crippen molar-refractivity contribution < 1.29 is 14.4 Å². The molecular weight excluding hydrogens is 717 g/mol. The molecule has 0 saturated heterocycles. The second-order valence-electron chi connectivity index (χ2n) is 18.4. The predicted molar refractivity (Wildman–Crippen MR) is 246 cm³/mol. The number of amides is 3. The Morgan fingerprint density at radius 2 is 0.621 bits per heavy atom. The van der Waals surface area contributed by atoms with E-state index < -0.39 is 0 Å². The third-order valence-electron chi connectivity index (χ3n) is 11.4. The standard InChI is InChI=1S/C51H78N4O3/c1-37(2)13-10-16-40(7)31-34-52-49(56)43-19-25-46(26-20-43)55(47-27-21-44(22-28-47)50(57)53-35-32-41(8)17-11-14-38(3)4)48-29-23-45(24-30-48)51(58)54-36-33-42(9)18-12-15-39(5)6/h19-30,37-42H,10-18,31-36H2,1-9H3,(H,52,56)(H,53,57)(H,54,58)/t40-,41-,42-/m0/s1. The molecule has 0 aliphatic heterocycles. The van der Waals surface area contributed by atoms with Gasteiger partial charge in [-0.05, 0) is 128 Å². The maximum absolute atomic E-state index is 13.1. The third-order valence-corrected chi connectivity index (χ3v) is 11.4. The molecule has 320 valence electrons. The Balaban J connectivity index is 1.71. The van der Waals surface area contributed by atoms with E-state index in [1.807, 2.05) is 72.8 Å². The zero-order chi connectivity index (χ0) is 42.5. The Bertz CT molecular complexity index is 1420. The first-order valence-corrected chi connectivity index (χ1v) is 22.7. The van der Waals surface area contributed by atoms with Crippen molar-refractivity contribution in [3.05, 3.63) is 89.5 Å². The van der Waals surface area contributed by atoms with E-state index in [2.05, 4.69) is 83.2 Å². The summed E-state index contributed by atoms with van der Waals surface area (Å²) in [5.74, 6) is 3.67. The summed E-state index contributed by atoms with van der Waals surface area (Å²) in [7, 11) is 0. The van der Waals surface area contributed by atoms with E-state index in [0.717, 1.165) is 54.1 Å². The maximum atomic E-state index is 13.1. The van der Waals surface area contributed by atoms with Crippen LogP contribution in [0.15, 0.2) is 72.8 Å². The predicted octanol–water partition coefficient (Wildman–Crippen LogP) is 12.9. The molecule has 0 fully saturated rings. The molecule has 0 radical (unpaired) electrons. The van der Waals surface area contributed by atoms with Crippen LogP contribution in [0.2, 0.25) is 0 Å². The fourth-order valence-electron chi connectivity index (χ4n) is 7.39. The minimum Gasteiger partial charge on any atom is -0.352 e. The lowest BCUT2D eigenvalue weighted by atomic mass is 9.97. The molecule has 0 aromatic heterocycles. The highest BCUT2D eigenvalue weighted by Gasteiger charge is 2.17. The number of nitrogens with one attached hydrogen (secondary N) is 3. The second kappa shape index (κ2) is 26.1. The van der Waals surface area contributed by atoms with Gasteiger partial charge in [0.05, 0.1) is 0 Å². The monoisotopic (exact) mass is 795 g/mol. The van der Waals surface area contributed by atoms with E-state index in [4.69, 9.17) is 0 Å². The summed E-state index contributed by atoms with van der Waals surface area (Å²) >= 11 is 0. The summed E-state index contributed by atoms with van der Waals surface area (Å²) in [5, 5.41) is 9.34.